The van der Waals surface area contributed by atoms with Gasteiger partial charge in [-0.3, -0.25) is 4.99 Å². The molecule has 3 heterocycles. The molecule has 7 nitrogen and oxygen atoms in total. The largest absolute Gasteiger partial charge is 0.486 e. The molecule has 0 unspecified atom stereocenters. The Balaban J connectivity index is 1.53. The predicted molar refractivity (Wildman–Crippen MR) is 124 cm³/mol. The molecule has 1 aromatic heterocycles. The molecule has 0 radical (unpaired) electrons. The number of rotatable bonds is 7. The van der Waals surface area contributed by atoms with Crippen LogP contribution in [0.2, 0.25) is 0 Å². The standard InChI is InChI=1S/C24H23F2N3O4S/c25-23(26)33-20-6-2-1-4-17(20)13-28-29-19(15-34-24(29)27-14-18-5-3-9-30-18)16-7-8-21-22(12-16)32-11-10-31-21/h1-2,4,6-8,12-13,15,18,23H,3,5,9-11,14H2/b27-24?,28-13-/t18-/m1/s1. The average Bonchev–Trinajstić information content (AvgIpc) is 3.51. The molecule has 1 fully saturated rings. The second kappa shape index (κ2) is 10.4. The number of thiazole rings is 1. The molecule has 5 rings (SSSR count). The Labute approximate surface area is 198 Å². The first kappa shape index (κ1) is 22.5. The minimum absolute atomic E-state index is 0.0517. The minimum atomic E-state index is -2.92. The van der Waals surface area contributed by atoms with Crippen LogP contribution in [0.4, 0.5) is 8.78 Å². The lowest BCUT2D eigenvalue weighted by atomic mass is 10.1. The van der Waals surface area contributed by atoms with Crippen molar-refractivity contribution in [3.63, 3.8) is 0 Å². The zero-order valence-electron chi connectivity index (χ0n) is 18.2. The van der Waals surface area contributed by atoms with Gasteiger partial charge in [-0.1, -0.05) is 12.1 Å². The van der Waals surface area contributed by atoms with Crippen molar-refractivity contribution in [1.29, 1.82) is 0 Å². The highest BCUT2D eigenvalue weighted by Gasteiger charge is 2.17. The summed E-state index contributed by atoms with van der Waals surface area (Å²) in [5.41, 5.74) is 2.09. The van der Waals surface area contributed by atoms with E-state index in [1.54, 1.807) is 22.9 Å². The molecule has 2 aromatic carbocycles. The van der Waals surface area contributed by atoms with Crippen molar-refractivity contribution in [2.45, 2.75) is 25.6 Å². The molecule has 2 aliphatic heterocycles. The highest BCUT2D eigenvalue weighted by Crippen LogP contribution is 2.34. The van der Waals surface area contributed by atoms with Crippen molar-refractivity contribution in [1.82, 2.24) is 4.68 Å². The van der Waals surface area contributed by atoms with Gasteiger partial charge < -0.3 is 18.9 Å². The summed E-state index contributed by atoms with van der Waals surface area (Å²) in [6.07, 6.45) is 3.60. The Kier molecular flexibility index (Phi) is 6.87. The molecule has 34 heavy (non-hydrogen) atoms. The topological polar surface area (TPSA) is 66.6 Å². The van der Waals surface area contributed by atoms with E-state index in [-0.39, 0.29) is 11.9 Å². The van der Waals surface area contributed by atoms with E-state index < -0.39 is 6.61 Å². The van der Waals surface area contributed by atoms with Crippen LogP contribution in [0.5, 0.6) is 17.2 Å². The normalized spacial score (nSPS) is 18.2. The van der Waals surface area contributed by atoms with Gasteiger partial charge in [-0.25, -0.2) is 4.68 Å². The Morgan fingerprint density at radius 3 is 2.79 bits per heavy atom. The van der Waals surface area contributed by atoms with Crippen molar-refractivity contribution >= 4 is 17.6 Å². The summed E-state index contributed by atoms with van der Waals surface area (Å²) in [6, 6.07) is 12.2. The maximum Gasteiger partial charge on any atom is 0.387 e. The summed E-state index contributed by atoms with van der Waals surface area (Å²) in [6.45, 7) is -0.634. The lowest BCUT2D eigenvalue weighted by Gasteiger charge is -2.18. The van der Waals surface area contributed by atoms with Crippen molar-refractivity contribution < 1.29 is 27.7 Å². The van der Waals surface area contributed by atoms with E-state index in [0.29, 0.717) is 41.6 Å². The van der Waals surface area contributed by atoms with E-state index in [4.69, 9.17) is 19.2 Å². The predicted octanol–water partition coefficient (Wildman–Crippen LogP) is 4.55. The SMILES string of the molecule is FC(F)Oc1ccccc1/C=N\n1c(-c2ccc3c(c2)OCCO3)csc1=NC[C@H]1CCCO1. The fraction of sp³-hybridized carbons (Fsp3) is 0.333. The van der Waals surface area contributed by atoms with Crippen molar-refractivity contribution in [2.75, 3.05) is 26.4 Å². The van der Waals surface area contributed by atoms with Crippen molar-refractivity contribution in [3.05, 3.63) is 58.2 Å². The van der Waals surface area contributed by atoms with Gasteiger partial charge in [-0.2, -0.15) is 13.9 Å². The number of halogens is 2. The first-order valence-corrected chi connectivity index (χ1v) is 11.9. The van der Waals surface area contributed by atoms with Gasteiger partial charge in [-0.15, -0.1) is 11.3 Å². The van der Waals surface area contributed by atoms with Crippen LogP contribution in [0.25, 0.3) is 11.3 Å². The molecule has 0 bridgehead atoms. The molecule has 0 saturated carbocycles. The van der Waals surface area contributed by atoms with E-state index in [1.165, 1.54) is 23.6 Å². The Bertz CT molecular complexity index is 1230. The number of ether oxygens (including phenoxy) is 4. The zero-order chi connectivity index (χ0) is 23.3. The van der Waals surface area contributed by atoms with Crippen LogP contribution >= 0.6 is 11.3 Å². The maximum absolute atomic E-state index is 12.8. The van der Waals surface area contributed by atoms with Gasteiger partial charge in [0, 0.05) is 23.1 Å². The molecule has 1 saturated heterocycles. The molecule has 0 amide bonds. The van der Waals surface area contributed by atoms with Crippen molar-refractivity contribution in [3.8, 4) is 28.5 Å². The fourth-order valence-electron chi connectivity index (χ4n) is 3.80. The fourth-order valence-corrected chi connectivity index (χ4v) is 4.65. The summed E-state index contributed by atoms with van der Waals surface area (Å²) in [5, 5.41) is 6.57. The van der Waals surface area contributed by atoms with E-state index in [1.807, 2.05) is 23.6 Å². The summed E-state index contributed by atoms with van der Waals surface area (Å²) in [4.78, 5) is 5.41. The van der Waals surface area contributed by atoms with Gasteiger partial charge in [0.25, 0.3) is 0 Å². The first-order valence-electron chi connectivity index (χ1n) is 11.0. The van der Waals surface area contributed by atoms with E-state index in [9.17, 15) is 8.78 Å². The zero-order valence-corrected chi connectivity index (χ0v) is 19.0. The second-order valence-electron chi connectivity index (χ2n) is 7.71. The number of hydrogen-bond donors (Lipinski definition) is 0. The van der Waals surface area contributed by atoms with E-state index >= 15 is 0 Å². The minimum Gasteiger partial charge on any atom is -0.486 e. The van der Waals surface area contributed by atoms with E-state index in [0.717, 1.165) is 30.7 Å². The molecule has 178 valence electrons. The van der Waals surface area contributed by atoms with Gasteiger partial charge in [0.15, 0.2) is 11.5 Å². The van der Waals surface area contributed by atoms with Gasteiger partial charge in [-0.05, 0) is 43.2 Å². The smallest absolute Gasteiger partial charge is 0.387 e. The van der Waals surface area contributed by atoms with Crippen LogP contribution in [-0.4, -0.2) is 50.0 Å². The third-order valence-corrected chi connectivity index (χ3v) is 6.28. The number of hydrogen-bond acceptors (Lipinski definition) is 7. The molecule has 2 aliphatic rings. The van der Waals surface area contributed by atoms with Crippen LogP contribution in [0.1, 0.15) is 18.4 Å². The second-order valence-corrected chi connectivity index (χ2v) is 8.55. The summed E-state index contributed by atoms with van der Waals surface area (Å²) in [5.74, 6) is 1.41. The van der Waals surface area contributed by atoms with Crippen molar-refractivity contribution in [2.24, 2.45) is 10.1 Å². The number of alkyl halides is 2. The maximum atomic E-state index is 12.8. The molecule has 0 N–H and O–H groups in total. The Morgan fingerprint density at radius 1 is 1.12 bits per heavy atom. The van der Waals surface area contributed by atoms with E-state index in [2.05, 4.69) is 9.84 Å². The van der Waals surface area contributed by atoms with Gasteiger partial charge in [0.2, 0.25) is 4.80 Å². The number of fused-ring (bicyclic) bond motifs is 1. The molecule has 0 aliphatic carbocycles. The Hall–Kier alpha value is -3.24. The number of benzene rings is 2. The van der Waals surface area contributed by atoms with Gasteiger partial charge in [0.1, 0.15) is 19.0 Å². The molecule has 10 heteroatoms. The number of aromatic nitrogens is 1. The summed E-state index contributed by atoms with van der Waals surface area (Å²) >= 11 is 1.45. The van der Waals surface area contributed by atoms with Crippen LogP contribution < -0.4 is 19.0 Å². The highest BCUT2D eigenvalue weighted by atomic mass is 32.1. The third-order valence-electron chi connectivity index (χ3n) is 5.42. The summed E-state index contributed by atoms with van der Waals surface area (Å²) < 4.78 is 49.1. The molecule has 0 spiro atoms. The number of para-hydroxylation sites is 1. The van der Waals surface area contributed by atoms with Gasteiger partial charge >= 0.3 is 6.61 Å². The van der Waals surface area contributed by atoms with Gasteiger partial charge in [0.05, 0.1) is 24.6 Å². The molecule has 1 atom stereocenters. The third kappa shape index (κ3) is 5.13. The molecular weight excluding hydrogens is 464 g/mol. The van der Waals surface area contributed by atoms with Crippen LogP contribution in [0, 0.1) is 0 Å². The molecular formula is C24H23F2N3O4S. The van der Waals surface area contributed by atoms with Crippen LogP contribution in [0.3, 0.4) is 0 Å². The first-order chi connectivity index (χ1) is 16.7. The highest BCUT2D eigenvalue weighted by molar-refractivity contribution is 7.07. The number of nitrogens with zero attached hydrogens (tertiary/aromatic N) is 3. The molecule has 3 aromatic rings. The average molecular weight is 488 g/mol. The van der Waals surface area contributed by atoms with Crippen LogP contribution in [-0.2, 0) is 4.74 Å². The quantitative estimate of drug-likeness (QED) is 0.459. The summed E-state index contributed by atoms with van der Waals surface area (Å²) in [7, 11) is 0. The Morgan fingerprint density at radius 2 is 1.97 bits per heavy atom. The lowest BCUT2D eigenvalue weighted by Crippen LogP contribution is -2.17. The van der Waals surface area contributed by atoms with Crippen LogP contribution in [0.15, 0.2) is 57.9 Å². The lowest BCUT2D eigenvalue weighted by molar-refractivity contribution is -0.0499. The monoisotopic (exact) mass is 487 g/mol.